The number of pyridine rings is 1. The summed E-state index contributed by atoms with van der Waals surface area (Å²) < 4.78 is 45.7. The molecule has 0 bridgehead atoms. The average molecular weight is 359 g/mol. The van der Waals surface area contributed by atoms with Crippen molar-refractivity contribution in [1.29, 1.82) is 0 Å². The van der Waals surface area contributed by atoms with Crippen molar-refractivity contribution in [2.75, 3.05) is 36.1 Å². The molecule has 1 N–H and O–H groups in total. The van der Waals surface area contributed by atoms with E-state index in [0.717, 1.165) is 0 Å². The zero-order valence-corrected chi connectivity index (χ0v) is 14.5. The Balaban J connectivity index is 2.00. The smallest absolute Gasteiger partial charge is 0.377 e. The van der Waals surface area contributed by atoms with E-state index < -0.39 is 12.2 Å². The maximum Gasteiger partial charge on any atom is 0.408 e. The van der Waals surface area contributed by atoms with E-state index in [4.69, 9.17) is 4.74 Å². The van der Waals surface area contributed by atoms with Gasteiger partial charge in [0.1, 0.15) is 11.9 Å². The van der Waals surface area contributed by atoms with E-state index in [1.54, 1.807) is 13.0 Å². The fourth-order valence-corrected chi connectivity index (χ4v) is 3.70. The van der Waals surface area contributed by atoms with Gasteiger partial charge >= 0.3 is 6.18 Å². The number of nitrogens with zero attached hydrogens (tertiary/aromatic N) is 2. The van der Waals surface area contributed by atoms with Gasteiger partial charge in [0.2, 0.25) is 0 Å². The molecule has 2 aliphatic heterocycles. The van der Waals surface area contributed by atoms with Gasteiger partial charge in [0.25, 0.3) is 5.56 Å². The third-order valence-electron chi connectivity index (χ3n) is 5.11. The highest BCUT2D eigenvalue weighted by Crippen LogP contribution is 2.35. The molecule has 2 saturated heterocycles. The van der Waals surface area contributed by atoms with Crippen LogP contribution in [0.25, 0.3) is 0 Å². The van der Waals surface area contributed by atoms with Crippen LogP contribution in [0.4, 0.5) is 24.7 Å². The fourth-order valence-electron chi connectivity index (χ4n) is 3.70. The Morgan fingerprint density at radius 1 is 1.24 bits per heavy atom. The zero-order valence-electron chi connectivity index (χ0n) is 14.5. The van der Waals surface area contributed by atoms with Crippen LogP contribution in [0.2, 0.25) is 0 Å². The van der Waals surface area contributed by atoms with E-state index in [0.29, 0.717) is 50.4 Å². The molecule has 2 atom stereocenters. The van der Waals surface area contributed by atoms with Crippen LogP contribution in [0.5, 0.6) is 0 Å². The molecule has 5 nitrogen and oxygen atoms in total. The van der Waals surface area contributed by atoms with Gasteiger partial charge in [0, 0.05) is 36.4 Å². The first-order valence-corrected chi connectivity index (χ1v) is 8.70. The molecule has 8 heteroatoms. The summed E-state index contributed by atoms with van der Waals surface area (Å²) >= 11 is 0. The van der Waals surface area contributed by atoms with Gasteiger partial charge in [0.15, 0.2) is 0 Å². The number of alkyl halides is 3. The lowest BCUT2D eigenvalue weighted by Gasteiger charge is -2.40. The first-order chi connectivity index (χ1) is 11.8. The molecule has 0 aromatic carbocycles. The second-order valence-corrected chi connectivity index (χ2v) is 6.86. The van der Waals surface area contributed by atoms with Gasteiger partial charge in [-0.15, -0.1) is 0 Å². The first kappa shape index (κ1) is 18.1. The minimum Gasteiger partial charge on any atom is -0.377 e. The number of hydrogen-bond donors (Lipinski definition) is 1. The average Bonchev–Trinajstić information content (AvgIpc) is 2.57. The van der Waals surface area contributed by atoms with Crippen LogP contribution in [0, 0.1) is 6.92 Å². The summed E-state index contributed by atoms with van der Waals surface area (Å²) in [5.74, 6) is 0.256. The molecule has 1 aromatic heterocycles. The maximum atomic E-state index is 13.4. The highest BCUT2D eigenvalue weighted by Gasteiger charge is 2.45. The molecule has 0 unspecified atom stereocenters. The molecular formula is C17H24F3N3O2. The van der Waals surface area contributed by atoms with Gasteiger partial charge in [-0.25, -0.2) is 0 Å². The fraction of sp³-hybridized carbons (Fsp3) is 0.706. The van der Waals surface area contributed by atoms with Crippen LogP contribution >= 0.6 is 0 Å². The summed E-state index contributed by atoms with van der Waals surface area (Å²) in [5, 5.41) is 0. The molecule has 0 saturated carbocycles. The van der Waals surface area contributed by atoms with Crippen molar-refractivity contribution in [3.05, 3.63) is 22.0 Å². The second-order valence-electron chi connectivity index (χ2n) is 6.86. The molecule has 0 aliphatic carbocycles. The SMILES string of the molecule is Cc1c(N2CCOC[C@H]2C)cc(N2CCCC[C@@H]2C(F)(F)F)[nH]c1=O. The Bertz CT molecular complexity index is 674. The minimum absolute atomic E-state index is 0.0582. The summed E-state index contributed by atoms with van der Waals surface area (Å²) in [6, 6.07) is 0.222. The van der Waals surface area contributed by atoms with Crippen molar-refractivity contribution in [2.45, 2.75) is 51.4 Å². The third kappa shape index (κ3) is 3.63. The van der Waals surface area contributed by atoms with E-state index in [1.807, 2.05) is 11.8 Å². The molecule has 3 rings (SSSR count). The van der Waals surface area contributed by atoms with Crippen LogP contribution in [0.15, 0.2) is 10.9 Å². The van der Waals surface area contributed by atoms with Crippen LogP contribution in [-0.4, -0.2) is 49.5 Å². The molecule has 0 amide bonds. The molecular weight excluding hydrogens is 335 g/mol. The molecule has 140 valence electrons. The van der Waals surface area contributed by atoms with E-state index in [9.17, 15) is 18.0 Å². The maximum absolute atomic E-state index is 13.4. The normalized spacial score (nSPS) is 25.3. The minimum atomic E-state index is -4.31. The summed E-state index contributed by atoms with van der Waals surface area (Å²) in [6.07, 6.45) is -3.02. The zero-order chi connectivity index (χ0) is 18.2. The van der Waals surface area contributed by atoms with E-state index in [2.05, 4.69) is 4.98 Å². The number of aromatic nitrogens is 1. The molecule has 0 radical (unpaired) electrons. The second kappa shape index (κ2) is 6.90. The van der Waals surface area contributed by atoms with Crippen molar-refractivity contribution in [3.8, 4) is 0 Å². The number of halogens is 3. The number of nitrogens with one attached hydrogen (secondary N) is 1. The summed E-state index contributed by atoms with van der Waals surface area (Å²) in [4.78, 5) is 18.4. The lowest BCUT2D eigenvalue weighted by atomic mass is 10.0. The van der Waals surface area contributed by atoms with E-state index in [-0.39, 0.29) is 23.8 Å². The quantitative estimate of drug-likeness (QED) is 0.882. The Morgan fingerprint density at radius 2 is 2.00 bits per heavy atom. The number of hydrogen-bond acceptors (Lipinski definition) is 4. The topological polar surface area (TPSA) is 48.6 Å². The molecule has 25 heavy (non-hydrogen) atoms. The molecule has 0 spiro atoms. The van der Waals surface area contributed by atoms with Gasteiger partial charge in [-0.1, -0.05) is 0 Å². The molecule has 1 aromatic rings. The lowest BCUT2D eigenvalue weighted by Crippen LogP contribution is -2.50. The monoisotopic (exact) mass is 359 g/mol. The van der Waals surface area contributed by atoms with Gasteiger partial charge in [-0.3, -0.25) is 4.79 Å². The highest BCUT2D eigenvalue weighted by atomic mass is 19.4. The predicted octanol–water partition coefficient (Wildman–Crippen LogP) is 2.83. The Morgan fingerprint density at radius 3 is 2.68 bits per heavy atom. The van der Waals surface area contributed by atoms with Gasteiger partial charge < -0.3 is 19.5 Å². The van der Waals surface area contributed by atoms with Crippen molar-refractivity contribution >= 4 is 11.5 Å². The van der Waals surface area contributed by atoms with E-state index in [1.165, 1.54) is 4.90 Å². The lowest BCUT2D eigenvalue weighted by molar-refractivity contribution is -0.152. The largest absolute Gasteiger partial charge is 0.408 e. The summed E-state index contributed by atoms with van der Waals surface area (Å²) in [5.41, 5.74) is 0.886. The third-order valence-corrected chi connectivity index (χ3v) is 5.11. The van der Waals surface area contributed by atoms with Crippen molar-refractivity contribution in [3.63, 3.8) is 0 Å². The highest BCUT2D eigenvalue weighted by molar-refractivity contribution is 5.61. The van der Waals surface area contributed by atoms with Gasteiger partial charge in [0.05, 0.1) is 13.2 Å². The van der Waals surface area contributed by atoms with Crippen LogP contribution in [0.3, 0.4) is 0 Å². The number of anilines is 2. The Labute approximate surface area is 144 Å². The summed E-state index contributed by atoms with van der Waals surface area (Å²) in [7, 11) is 0. The van der Waals surface area contributed by atoms with Gasteiger partial charge in [-0.2, -0.15) is 13.2 Å². The molecule has 2 aliphatic rings. The summed E-state index contributed by atoms with van der Waals surface area (Å²) in [6.45, 7) is 5.68. The number of morpholine rings is 1. The first-order valence-electron chi connectivity index (χ1n) is 8.70. The Hall–Kier alpha value is -1.70. The standard InChI is InChI=1S/C17H24F3N3O2/c1-11-10-25-8-7-22(11)13-9-15(21-16(24)12(13)2)23-6-4-3-5-14(23)17(18,19)20/h9,11,14H,3-8,10H2,1-2H3,(H,21,24)/t11-,14-/m1/s1. The number of rotatable bonds is 2. The number of ether oxygens (including phenoxy) is 1. The molecule has 3 heterocycles. The number of piperidine rings is 1. The number of aromatic amines is 1. The van der Waals surface area contributed by atoms with E-state index >= 15 is 0 Å². The molecule has 2 fully saturated rings. The predicted molar refractivity (Wildman–Crippen MR) is 90.5 cm³/mol. The van der Waals surface area contributed by atoms with Crippen molar-refractivity contribution in [1.82, 2.24) is 4.98 Å². The van der Waals surface area contributed by atoms with Crippen molar-refractivity contribution < 1.29 is 17.9 Å². The van der Waals surface area contributed by atoms with Crippen LogP contribution in [-0.2, 0) is 4.74 Å². The Kier molecular flexibility index (Phi) is 4.99. The number of H-pyrrole nitrogens is 1. The van der Waals surface area contributed by atoms with Crippen molar-refractivity contribution in [2.24, 2.45) is 0 Å². The van der Waals surface area contributed by atoms with Crippen LogP contribution < -0.4 is 15.4 Å². The van der Waals surface area contributed by atoms with Gasteiger partial charge in [-0.05, 0) is 33.1 Å². The van der Waals surface area contributed by atoms with Crippen LogP contribution in [0.1, 0.15) is 31.7 Å².